The minimum absolute atomic E-state index is 0.280. The molecule has 0 bridgehead atoms. The molecule has 6 heteroatoms. The number of halogens is 2. The lowest BCUT2D eigenvalue weighted by Crippen LogP contribution is -2.47. The molecule has 0 radical (unpaired) electrons. The van der Waals surface area contributed by atoms with Crippen LogP contribution < -0.4 is 10.6 Å². The van der Waals surface area contributed by atoms with Gasteiger partial charge in [0.1, 0.15) is 23.2 Å². The number of carbonyl (C=O) groups is 2. The monoisotopic (exact) mass is 374 g/mol. The van der Waals surface area contributed by atoms with E-state index in [4.69, 9.17) is 0 Å². The fourth-order valence-corrected chi connectivity index (χ4v) is 2.66. The van der Waals surface area contributed by atoms with E-state index in [1.54, 1.807) is 19.9 Å². The molecule has 0 unspecified atom stereocenters. The second-order valence-electron chi connectivity index (χ2n) is 7.06. The third-order valence-corrected chi connectivity index (χ3v) is 4.25. The zero-order chi connectivity index (χ0) is 20.1. The molecule has 1 atom stereocenters. The molecule has 2 rings (SSSR count). The Kier molecular flexibility index (Phi) is 6.66. The number of amides is 2. The smallest absolute Gasteiger partial charge is 0.257 e. The second-order valence-corrected chi connectivity index (χ2v) is 7.06. The normalized spacial score (nSPS) is 12.1. The molecular formula is C21H24F2N2O2. The Labute approximate surface area is 158 Å². The predicted octanol–water partition coefficient (Wildman–Crippen LogP) is 4.48. The number of anilines is 1. The molecule has 0 fully saturated rings. The summed E-state index contributed by atoms with van der Waals surface area (Å²) in [5, 5.41) is 5.20. The van der Waals surface area contributed by atoms with Crippen molar-refractivity contribution in [2.45, 2.75) is 39.7 Å². The molecule has 2 aromatic carbocycles. The summed E-state index contributed by atoms with van der Waals surface area (Å²) in [6.45, 7) is 7.57. The summed E-state index contributed by atoms with van der Waals surface area (Å²) in [5.41, 5.74) is 0.965. The van der Waals surface area contributed by atoms with E-state index in [1.165, 1.54) is 6.07 Å². The maximum atomic E-state index is 13.8. The van der Waals surface area contributed by atoms with Crippen LogP contribution in [0.3, 0.4) is 0 Å². The third kappa shape index (κ3) is 5.12. The van der Waals surface area contributed by atoms with Gasteiger partial charge in [-0.2, -0.15) is 0 Å². The highest BCUT2D eigenvalue weighted by atomic mass is 19.1. The van der Waals surface area contributed by atoms with Gasteiger partial charge in [0.2, 0.25) is 5.91 Å². The van der Waals surface area contributed by atoms with Crippen LogP contribution in [0.2, 0.25) is 0 Å². The summed E-state index contributed by atoms with van der Waals surface area (Å²) in [7, 11) is 0. The first-order valence-corrected chi connectivity index (χ1v) is 8.86. The molecule has 2 N–H and O–H groups in total. The van der Waals surface area contributed by atoms with E-state index in [0.717, 1.165) is 17.7 Å². The largest absolute Gasteiger partial charge is 0.340 e. The SMILES string of the molecule is CC(C)c1cccc(NC(=O)[C@@H](NC(=O)c2c(F)cccc2F)C(C)C)c1. The van der Waals surface area contributed by atoms with Crippen LogP contribution in [0.1, 0.15) is 49.5 Å². The summed E-state index contributed by atoms with van der Waals surface area (Å²) in [4.78, 5) is 25.0. The first-order chi connectivity index (χ1) is 12.7. The molecule has 0 saturated carbocycles. The van der Waals surface area contributed by atoms with Gasteiger partial charge in [0.05, 0.1) is 0 Å². The highest BCUT2D eigenvalue weighted by Gasteiger charge is 2.27. The van der Waals surface area contributed by atoms with Crippen LogP contribution in [0.25, 0.3) is 0 Å². The van der Waals surface area contributed by atoms with Crippen LogP contribution in [0.15, 0.2) is 42.5 Å². The Bertz CT molecular complexity index is 814. The minimum atomic E-state index is -0.972. The van der Waals surface area contributed by atoms with Crippen LogP contribution in [0, 0.1) is 17.6 Å². The van der Waals surface area contributed by atoms with Crippen molar-refractivity contribution in [2.75, 3.05) is 5.32 Å². The van der Waals surface area contributed by atoms with E-state index in [0.29, 0.717) is 11.6 Å². The van der Waals surface area contributed by atoms with Crippen molar-refractivity contribution in [3.63, 3.8) is 0 Å². The zero-order valence-electron chi connectivity index (χ0n) is 15.8. The number of nitrogens with one attached hydrogen (secondary N) is 2. The van der Waals surface area contributed by atoms with Gasteiger partial charge < -0.3 is 10.6 Å². The van der Waals surface area contributed by atoms with Gasteiger partial charge in [0.15, 0.2) is 0 Å². The van der Waals surface area contributed by atoms with Crippen LogP contribution >= 0.6 is 0 Å². The quantitative estimate of drug-likeness (QED) is 0.783. The molecule has 2 aromatic rings. The third-order valence-electron chi connectivity index (χ3n) is 4.25. The molecule has 0 aliphatic rings. The summed E-state index contributed by atoms with van der Waals surface area (Å²) in [6, 6.07) is 9.64. The van der Waals surface area contributed by atoms with Gasteiger partial charge in [-0.3, -0.25) is 9.59 Å². The van der Waals surface area contributed by atoms with E-state index in [2.05, 4.69) is 10.6 Å². The zero-order valence-corrected chi connectivity index (χ0v) is 15.8. The highest BCUT2D eigenvalue weighted by molar-refractivity contribution is 6.01. The van der Waals surface area contributed by atoms with Crippen LogP contribution in [0.5, 0.6) is 0 Å². The van der Waals surface area contributed by atoms with Gasteiger partial charge in [-0.05, 0) is 41.7 Å². The Hall–Kier alpha value is -2.76. The molecule has 27 heavy (non-hydrogen) atoms. The van der Waals surface area contributed by atoms with Crippen molar-refractivity contribution in [3.05, 3.63) is 65.2 Å². The number of carbonyl (C=O) groups excluding carboxylic acids is 2. The minimum Gasteiger partial charge on any atom is -0.340 e. The topological polar surface area (TPSA) is 58.2 Å². The summed E-state index contributed by atoms with van der Waals surface area (Å²) < 4.78 is 27.6. The molecular weight excluding hydrogens is 350 g/mol. The van der Waals surface area contributed by atoms with E-state index in [-0.39, 0.29) is 5.92 Å². The van der Waals surface area contributed by atoms with E-state index in [9.17, 15) is 18.4 Å². The molecule has 0 heterocycles. The van der Waals surface area contributed by atoms with Gasteiger partial charge in [0.25, 0.3) is 5.91 Å². The van der Waals surface area contributed by atoms with Crippen LogP contribution in [-0.2, 0) is 4.79 Å². The van der Waals surface area contributed by atoms with E-state index < -0.39 is 35.1 Å². The Balaban J connectivity index is 2.18. The maximum absolute atomic E-state index is 13.8. The Morgan fingerprint density at radius 3 is 2.07 bits per heavy atom. The van der Waals surface area contributed by atoms with Crippen molar-refractivity contribution in [2.24, 2.45) is 5.92 Å². The molecule has 0 spiro atoms. The number of hydrogen-bond donors (Lipinski definition) is 2. The summed E-state index contributed by atoms with van der Waals surface area (Å²) >= 11 is 0. The van der Waals surface area contributed by atoms with Gasteiger partial charge in [-0.15, -0.1) is 0 Å². The molecule has 2 amide bonds. The van der Waals surface area contributed by atoms with Crippen LogP contribution in [0.4, 0.5) is 14.5 Å². The molecule has 0 aliphatic carbocycles. The van der Waals surface area contributed by atoms with Crippen molar-refractivity contribution >= 4 is 17.5 Å². The summed E-state index contributed by atoms with van der Waals surface area (Å²) in [5.74, 6) is -3.34. The van der Waals surface area contributed by atoms with Gasteiger partial charge in [0, 0.05) is 5.69 Å². The van der Waals surface area contributed by atoms with Crippen molar-refractivity contribution in [3.8, 4) is 0 Å². The Morgan fingerprint density at radius 2 is 1.52 bits per heavy atom. The van der Waals surface area contributed by atoms with Crippen molar-refractivity contribution < 1.29 is 18.4 Å². The van der Waals surface area contributed by atoms with Crippen LogP contribution in [-0.4, -0.2) is 17.9 Å². The average Bonchev–Trinajstić information content (AvgIpc) is 2.59. The fraction of sp³-hybridized carbons (Fsp3) is 0.333. The van der Waals surface area contributed by atoms with E-state index in [1.807, 2.05) is 32.0 Å². The standard InChI is InChI=1S/C21H24F2N2O2/c1-12(2)14-7-5-8-15(11-14)24-21(27)19(13(3)4)25-20(26)18-16(22)9-6-10-17(18)23/h5-13,19H,1-4H3,(H,24,27)(H,25,26)/t19-/m0/s1. The highest BCUT2D eigenvalue weighted by Crippen LogP contribution is 2.19. The van der Waals surface area contributed by atoms with Gasteiger partial charge in [-0.25, -0.2) is 8.78 Å². The predicted molar refractivity (Wildman–Crippen MR) is 102 cm³/mol. The lowest BCUT2D eigenvalue weighted by atomic mass is 10.0. The average molecular weight is 374 g/mol. The fourth-order valence-electron chi connectivity index (χ4n) is 2.66. The van der Waals surface area contributed by atoms with Crippen molar-refractivity contribution in [1.29, 1.82) is 0 Å². The second kappa shape index (κ2) is 8.75. The Morgan fingerprint density at radius 1 is 0.926 bits per heavy atom. The molecule has 4 nitrogen and oxygen atoms in total. The molecule has 144 valence electrons. The lowest BCUT2D eigenvalue weighted by molar-refractivity contribution is -0.118. The maximum Gasteiger partial charge on any atom is 0.257 e. The number of rotatable bonds is 6. The first kappa shape index (κ1) is 20.6. The molecule has 0 aliphatic heterocycles. The van der Waals surface area contributed by atoms with Gasteiger partial charge in [-0.1, -0.05) is 45.9 Å². The number of hydrogen-bond acceptors (Lipinski definition) is 2. The molecule has 0 saturated heterocycles. The summed E-state index contributed by atoms with van der Waals surface area (Å²) in [6.07, 6.45) is 0. The van der Waals surface area contributed by atoms with Gasteiger partial charge >= 0.3 is 0 Å². The van der Waals surface area contributed by atoms with Crippen molar-refractivity contribution in [1.82, 2.24) is 5.32 Å². The lowest BCUT2D eigenvalue weighted by Gasteiger charge is -2.22. The first-order valence-electron chi connectivity index (χ1n) is 8.86. The number of benzene rings is 2. The van der Waals surface area contributed by atoms with E-state index >= 15 is 0 Å². The molecule has 0 aromatic heterocycles.